The second-order valence-electron chi connectivity index (χ2n) is 2.42. The number of hydrogen-bond acceptors (Lipinski definition) is 5. The third-order valence-electron chi connectivity index (χ3n) is 1.65. The van der Waals surface area contributed by atoms with E-state index in [2.05, 4.69) is 9.79 Å². The number of H-pyrrole nitrogens is 1. The van der Waals surface area contributed by atoms with Gasteiger partial charge < -0.3 is 5.21 Å². The summed E-state index contributed by atoms with van der Waals surface area (Å²) in [5.41, 5.74) is -1.85. The quantitative estimate of drug-likeness (QED) is 0.469. The lowest BCUT2D eigenvalue weighted by Gasteiger charge is -1.90. The molecule has 0 atom stereocenters. The van der Waals surface area contributed by atoms with Crippen molar-refractivity contribution in [3.05, 3.63) is 26.0 Å². The Morgan fingerprint density at radius 1 is 1.62 bits per heavy atom. The number of rotatable bonds is 0. The SMILES string of the molecule is Cn1c(=O)[nH]c(=O)c2c1no[n+]2[O-]. The van der Waals surface area contributed by atoms with Crippen LogP contribution in [0, 0.1) is 5.21 Å². The fourth-order valence-electron chi connectivity index (χ4n) is 0.982. The summed E-state index contributed by atoms with van der Waals surface area (Å²) in [6.45, 7) is 0. The van der Waals surface area contributed by atoms with Crippen LogP contribution in [0.2, 0.25) is 0 Å². The van der Waals surface area contributed by atoms with Crippen LogP contribution in [-0.4, -0.2) is 14.7 Å². The van der Waals surface area contributed by atoms with Crippen LogP contribution in [0.3, 0.4) is 0 Å². The van der Waals surface area contributed by atoms with Gasteiger partial charge in [-0.2, -0.15) is 0 Å². The fourth-order valence-corrected chi connectivity index (χ4v) is 0.982. The molecule has 1 N–H and O–H groups in total. The van der Waals surface area contributed by atoms with E-state index in [4.69, 9.17) is 0 Å². The van der Waals surface area contributed by atoms with Crippen LogP contribution in [0.5, 0.6) is 0 Å². The van der Waals surface area contributed by atoms with Gasteiger partial charge in [-0.3, -0.25) is 19.0 Å². The van der Waals surface area contributed by atoms with Gasteiger partial charge in [0.15, 0.2) is 0 Å². The van der Waals surface area contributed by atoms with Crippen molar-refractivity contribution in [1.82, 2.24) is 14.7 Å². The Balaban J connectivity index is 3.18. The van der Waals surface area contributed by atoms with E-state index in [1.54, 1.807) is 0 Å². The first kappa shape index (κ1) is 7.53. The van der Waals surface area contributed by atoms with E-state index in [-0.39, 0.29) is 16.1 Å². The van der Waals surface area contributed by atoms with E-state index >= 15 is 0 Å². The van der Waals surface area contributed by atoms with Crippen molar-refractivity contribution >= 4 is 11.2 Å². The number of fused-ring (bicyclic) bond motifs is 1. The zero-order valence-corrected chi connectivity index (χ0v) is 6.47. The number of nitrogens with zero attached hydrogens (tertiary/aromatic N) is 3. The average Bonchev–Trinajstić information content (AvgIpc) is 2.44. The van der Waals surface area contributed by atoms with Crippen molar-refractivity contribution in [3.63, 3.8) is 0 Å². The Morgan fingerprint density at radius 2 is 2.31 bits per heavy atom. The molecule has 13 heavy (non-hydrogen) atoms. The molecule has 2 heterocycles. The van der Waals surface area contributed by atoms with E-state index in [1.165, 1.54) is 7.05 Å². The minimum absolute atomic E-state index is 0.0480. The zero-order chi connectivity index (χ0) is 9.59. The van der Waals surface area contributed by atoms with Gasteiger partial charge in [0.05, 0.1) is 5.16 Å². The summed E-state index contributed by atoms with van der Waals surface area (Å²) >= 11 is 0. The number of aromatic nitrogens is 4. The van der Waals surface area contributed by atoms with Crippen LogP contribution in [0.4, 0.5) is 0 Å². The first-order valence-electron chi connectivity index (χ1n) is 3.30. The second-order valence-corrected chi connectivity index (χ2v) is 2.42. The first-order chi connectivity index (χ1) is 6.11. The summed E-state index contributed by atoms with van der Waals surface area (Å²) in [6.07, 6.45) is 0. The largest absolute Gasteiger partial charge is 0.359 e. The molecule has 0 amide bonds. The molecule has 8 nitrogen and oxygen atoms in total. The molecule has 0 radical (unpaired) electrons. The standard InChI is InChI=1S/C5H4N4O4/c1-8-3-2(9(12)13-7-3)4(10)6-5(8)11/h1H3,(H,6,10,11). The lowest BCUT2D eigenvalue weighted by molar-refractivity contribution is -0.782. The van der Waals surface area contributed by atoms with Gasteiger partial charge in [-0.15, -0.1) is 0 Å². The molecule has 0 saturated heterocycles. The number of nitrogens with one attached hydrogen (secondary N) is 1. The molecule has 2 aromatic rings. The molecule has 0 aliphatic carbocycles. The van der Waals surface area contributed by atoms with Crippen molar-refractivity contribution in [2.24, 2.45) is 7.05 Å². The van der Waals surface area contributed by atoms with Crippen molar-refractivity contribution in [3.8, 4) is 0 Å². The predicted molar refractivity (Wildman–Crippen MR) is 38.8 cm³/mol. The zero-order valence-electron chi connectivity index (χ0n) is 6.47. The Bertz CT molecular complexity index is 576. The van der Waals surface area contributed by atoms with Gasteiger partial charge in [-0.1, -0.05) is 0 Å². The molecule has 0 aliphatic rings. The molecule has 0 bridgehead atoms. The van der Waals surface area contributed by atoms with Gasteiger partial charge in [0.25, 0.3) is 0 Å². The van der Waals surface area contributed by atoms with E-state index < -0.39 is 11.2 Å². The van der Waals surface area contributed by atoms with E-state index in [0.29, 0.717) is 0 Å². The normalized spacial score (nSPS) is 10.8. The van der Waals surface area contributed by atoms with Crippen LogP contribution in [0.25, 0.3) is 11.2 Å². The van der Waals surface area contributed by atoms with Crippen LogP contribution in [0.1, 0.15) is 0 Å². The lowest BCUT2D eigenvalue weighted by Crippen LogP contribution is -2.35. The number of aromatic amines is 1. The van der Waals surface area contributed by atoms with Crippen LogP contribution in [-0.2, 0) is 7.05 Å². The van der Waals surface area contributed by atoms with Crippen molar-refractivity contribution in [1.29, 1.82) is 0 Å². The summed E-state index contributed by atoms with van der Waals surface area (Å²) in [7, 11) is 1.36. The van der Waals surface area contributed by atoms with Gasteiger partial charge in [0.2, 0.25) is 0 Å². The van der Waals surface area contributed by atoms with Crippen LogP contribution >= 0.6 is 0 Å². The minimum Gasteiger partial charge on any atom is -0.359 e. The van der Waals surface area contributed by atoms with Crippen LogP contribution in [0.15, 0.2) is 14.2 Å². The molecular weight excluding hydrogens is 180 g/mol. The average molecular weight is 184 g/mol. The molecule has 0 fully saturated rings. The van der Waals surface area contributed by atoms with Gasteiger partial charge in [-0.05, 0) is 4.90 Å². The monoisotopic (exact) mass is 184 g/mol. The van der Waals surface area contributed by atoms with Crippen molar-refractivity contribution in [2.75, 3.05) is 0 Å². The summed E-state index contributed by atoms with van der Waals surface area (Å²) in [4.78, 5) is 23.9. The molecule has 0 spiro atoms. The van der Waals surface area contributed by atoms with Gasteiger partial charge in [-0.25, -0.2) is 4.79 Å². The highest BCUT2D eigenvalue weighted by molar-refractivity contribution is 5.63. The molecule has 0 unspecified atom stereocenters. The first-order valence-corrected chi connectivity index (χ1v) is 3.30. The summed E-state index contributed by atoms with van der Waals surface area (Å²) in [5, 5.41) is 14.1. The summed E-state index contributed by atoms with van der Waals surface area (Å²) in [5.74, 6) is 0. The topological polar surface area (TPSA) is 108 Å². The van der Waals surface area contributed by atoms with Gasteiger partial charge in [0.1, 0.15) is 0 Å². The molecule has 68 valence electrons. The van der Waals surface area contributed by atoms with Crippen molar-refractivity contribution in [2.45, 2.75) is 0 Å². The maximum Gasteiger partial charge on any atom is 0.331 e. The Hall–Kier alpha value is -2.12. The van der Waals surface area contributed by atoms with Gasteiger partial charge in [0, 0.05) is 7.05 Å². The second kappa shape index (κ2) is 2.19. The maximum absolute atomic E-state index is 11.0. The smallest absolute Gasteiger partial charge is 0.331 e. The van der Waals surface area contributed by atoms with E-state index in [0.717, 1.165) is 4.57 Å². The van der Waals surface area contributed by atoms with E-state index in [9.17, 15) is 14.8 Å². The Labute approximate surface area is 69.5 Å². The highest BCUT2D eigenvalue weighted by Crippen LogP contribution is 1.94. The Kier molecular flexibility index (Phi) is 1.27. The van der Waals surface area contributed by atoms with Gasteiger partial charge >= 0.3 is 22.4 Å². The summed E-state index contributed by atoms with van der Waals surface area (Å²) < 4.78 is 5.17. The Morgan fingerprint density at radius 3 is 3.00 bits per heavy atom. The van der Waals surface area contributed by atoms with Crippen LogP contribution < -0.4 is 16.2 Å². The molecule has 2 aromatic heterocycles. The number of hydrogen-bond donors (Lipinski definition) is 1. The molecule has 2 rings (SSSR count). The minimum atomic E-state index is -0.811. The fraction of sp³-hybridized carbons (Fsp3) is 0.200. The molecule has 0 saturated carbocycles. The third-order valence-corrected chi connectivity index (χ3v) is 1.65. The lowest BCUT2D eigenvalue weighted by atomic mass is 10.5. The third kappa shape index (κ3) is 0.849. The molecule has 0 aliphatic heterocycles. The molecule has 8 heteroatoms. The maximum atomic E-state index is 11.0. The van der Waals surface area contributed by atoms with E-state index in [1.807, 2.05) is 4.98 Å². The predicted octanol–water partition coefficient (Wildman–Crippen LogP) is -2.15. The highest BCUT2D eigenvalue weighted by Gasteiger charge is 2.17. The molecular formula is C5H4N4O4. The summed E-state index contributed by atoms with van der Waals surface area (Å²) in [6, 6.07) is 0. The number of aryl methyl sites for hydroxylation is 1. The molecule has 0 aromatic carbocycles. The van der Waals surface area contributed by atoms with Crippen molar-refractivity contribution < 1.29 is 9.53 Å². The highest BCUT2D eigenvalue weighted by atomic mass is 16.8.